The van der Waals surface area contributed by atoms with Gasteiger partial charge in [0.1, 0.15) is 0 Å². The highest BCUT2D eigenvalue weighted by atomic mass is 16.2. The number of rotatable bonds is 1. The number of fused-ring (bicyclic) bond motifs is 1. The van der Waals surface area contributed by atoms with E-state index in [9.17, 15) is 4.79 Å². The van der Waals surface area contributed by atoms with Gasteiger partial charge < -0.3 is 15.1 Å². The first-order valence-electron chi connectivity index (χ1n) is 7.12. The summed E-state index contributed by atoms with van der Waals surface area (Å²) in [4.78, 5) is 16.1. The van der Waals surface area contributed by atoms with Gasteiger partial charge in [-0.2, -0.15) is 0 Å². The number of amides is 1. The van der Waals surface area contributed by atoms with Gasteiger partial charge in [0.25, 0.3) is 0 Å². The number of benzene rings is 1. The molecule has 0 saturated carbocycles. The summed E-state index contributed by atoms with van der Waals surface area (Å²) in [7, 11) is 0. The number of nitrogens with one attached hydrogen (secondary N) is 1. The molecule has 1 aromatic carbocycles. The molecule has 0 bridgehead atoms. The first-order chi connectivity index (χ1) is 9.27. The average molecular weight is 259 g/mol. The molecule has 0 aromatic heterocycles. The van der Waals surface area contributed by atoms with Crippen LogP contribution in [0.2, 0.25) is 0 Å². The molecule has 1 N–H and O–H groups in total. The zero-order valence-corrected chi connectivity index (χ0v) is 11.4. The van der Waals surface area contributed by atoms with Crippen LogP contribution < -0.4 is 15.1 Å². The molecule has 0 atom stereocenters. The molecule has 0 aliphatic carbocycles. The summed E-state index contributed by atoms with van der Waals surface area (Å²) in [5.41, 5.74) is 2.29. The Balaban J connectivity index is 1.91. The van der Waals surface area contributed by atoms with Crippen molar-refractivity contribution in [2.24, 2.45) is 0 Å². The lowest BCUT2D eigenvalue weighted by Gasteiger charge is -2.43. The Hall–Kier alpha value is -1.55. The van der Waals surface area contributed by atoms with E-state index in [1.54, 1.807) is 6.92 Å². The number of hydrogen-bond acceptors (Lipinski definition) is 3. The van der Waals surface area contributed by atoms with E-state index >= 15 is 0 Å². The Kier molecular flexibility index (Phi) is 3.42. The molecule has 2 heterocycles. The van der Waals surface area contributed by atoms with Gasteiger partial charge in [-0.05, 0) is 38.1 Å². The van der Waals surface area contributed by atoms with Crippen molar-refractivity contribution < 1.29 is 4.79 Å². The molecule has 102 valence electrons. The van der Waals surface area contributed by atoms with Crippen LogP contribution >= 0.6 is 0 Å². The molecule has 1 amide bonds. The molecule has 1 aromatic rings. The van der Waals surface area contributed by atoms with E-state index < -0.39 is 0 Å². The van der Waals surface area contributed by atoms with Crippen molar-refractivity contribution in [3.05, 3.63) is 24.3 Å². The van der Waals surface area contributed by atoms with E-state index in [1.165, 1.54) is 18.5 Å². The van der Waals surface area contributed by atoms with Crippen molar-refractivity contribution in [3.63, 3.8) is 0 Å². The maximum Gasteiger partial charge on any atom is 0.223 e. The number of para-hydroxylation sites is 2. The van der Waals surface area contributed by atoms with Crippen LogP contribution in [0.5, 0.6) is 0 Å². The quantitative estimate of drug-likeness (QED) is 0.832. The second kappa shape index (κ2) is 5.21. The molecule has 0 unspecified atom stereocenters. The molecular weight excluding hydrogens is 238 g/mol. The predicted molar refractivity (Wildman–Crippen MR) is 77.7 cm³/mol. The first kappa shape index (κ1) is 12.5. The summed E-state index contributed by atoms with van der Waals surface area (Å²) < 4.78 is 0. The average Bonchev–Trinajstić information content (AvgIpc) is 2.47. The van der Waals surface area contributed by atoms with Crippen molar-refractivity contribution in [1.29, 1.82) is 0 Å². The summed E-state index contributed by atoms with van der Waals surface area (Å²) in [5.74, 6) is 0.136. The van der Waals surface area contributed by atoms with Gasteiger partial charge in [0.15, 0.2) is 0 Å². The minimum absolute atomic E-state index is 0.136. The van der Waals surface area contributed by atoms with E-state index in [4.69, 9.17) is 0 Å². The first-order valence-corrected chi connectivity index (χ1v) is 7.12. The Labute approximate surface area is 114 Å². The summed E-state index contributed by atoms with van der Waals surface area (Å²) in [6, 6.07) is 8.89. The van der Waals surface area contributed by atoms with Gasteiger partial charge in [0, 0.05) is 26.1 Å². The smallest absolute Gasteiger partial charge is 0.223 e. The number of hydrogen-bond donors (Lipinski definition) is 1. The molecule has 3 rings (SSSR count). The Morgan fingerprint density at radius 1 is 1.16 bits per heavy atom. The standard InChI is InChI=1S/C15H21N3O/c1-12(19)17-10-11-18(13-6-8-16-9-7-13)15-5-3-2-4-14(15)17/h2-5,13,16H,6-11H2,1H3. The van der Waals surface area contributed by atoms with Crippen molar-refractivity contribution in [1.82, 2.24) is 5.32 Å². The fourth-order valence-corrected chi connectivity index (χ4v) is 3.21. The van der Waals surface area contributed by atoms with E-state index in [2.05, 4.69) is 28.4 Å². The highest BCUT2D eigenvalue weighted by Crippen LogP contribution is 2.35. The molecular formula is C15H21N3O. The Morgan fingerprint density at radius 2 is 1.84 bits per heavy atom. The summed E-state index contributed by atoms with van der Waals surface area (Å²) in [6.07, 6.45) is 2.38. The van der Waals surface area contributed by atoms with Gasteiger partial charge in [-0.25, -0.2) is 0 Å². The second-order valence-electron chi connectivity index (χ2n) is 5.33. The van der Waals surface area contributed by atoms with Gasteiger partial charge in [0.2, 0.25) is 5.91 Å². The highest BCUT2D eigenvalue weighted by molar-refractivity contribution is 5.96. The molecule has 1 saturated heterocycles. The number of carbonyl (C=O) groups excluding carboxylic acids is 1. The third-order valence-electron chi connectivity index (χ3n) is 4.18. The van der Waals surface area contributed by atoms with Crippen molar-refractivity contribution in [3.8, 4) is 0 Å². The van der Waals surface area contributed by atoms with E-state index in [1.807, 2.05) is 11.0 Å². The minimum Gasteiger partial charge on any atom is -0.365 e. The molecule has 0 radical (unpaired) electrons. The van der Waals surface area contributed by atoms with Crippen molar-refractivity contribution in [2.45, 2.75) is 25.8 Å². The summed E-state index contributed by atoms with van der Waals surface area (Å²) in [5, 5.41) is 3.41. The van der Waals surface area contributed by atoms with Crippen LogP contribution in [0.3, 0.4) is 0 Å². The van der Waals surface area contributed by atoms with Crippen LogP contribution in [-0.4, -0.2) is 38.1 Å². The monoisotopic (exact) mass is 259 g/mol. The molecule has 0 spiro atoms. The SMILES string of the molecule is CC(=O)N1CCN(C2CCNCC2)c2ccccc21. The van der Waals surface area contributed by atoms with Gasteiger partial charge >= 0.3 is 0 Å². The lowest BCUT2D eigenvalue weighted by atomic mass is 10.0. The molecule has 2 aliphatic heterocycles. The third kappa shape index (κ3) is 2.32. The van der Waals surface area contributed by atoms with Crippen LogP contribution in [0.1, 0.15) is 19.8 Å². The van der Waals surface area contributed by atoms with Gasteiger partial charge in [0.05, 0.1) is 11.4 Å². The zero-order valence-electron chi connectivity index (χ0n) is 11.4. The molecule has 19 heavy (non-hydrogen) atoms. The van der Waals surface area contributed by atoms with Crippen LogP contribution in [0, 0.1) is 0 Å². The highest BCUT2D eigenvalue weighted by Gasteiger charge is 2.29. The lowest BCUT2D eigenvalue weighted by molar-refractivity contribution is -0.116. The number of piperidine rings is 1. The van der Waals surface area contributed by atoms with Crippen LogP contribution in [0.25, 0.3) is 0 Å². The van der Waals surface area contributed by atoms with E-state index in [0.717, 1.165) is 31.9 Å². The largest absolute Gasteiger partial charge is 0.365 e. The number of carbonyl (C=O) groups is 1. The second-order valence-corrected chi connectivity index (χ2v) is 5.33. The maximum atomic E-state index is 11.7. The van der Waals surface area contributed by atoms with Gasteiger partial charge in [-0.3, -0.25) is 4.79 Å². The Morgan fingerprint density at radius 3 is 2.53 bits per heavy atom. The number of nitrogens with zero attached hydrogens (tertiary/aromatic N) is 2. The zero-order chi connectivity index (χ0) is 13.2. The van der Waals surface area contributed by atoms with Crippen LogP contribution in [0.15, 0.2) is 24.3 Å². The summed E-state index contributed by atoms with van der Waals surface area (Å²) >= 11 is 0. The fraction of sp³-hybridized carbons (Fsp3) is 0.533. The maximum absolute atomic E-state index is 11.7. The van der Waals surface area contributed by atoms with Crippen LogP contribution in [-0.2, 0) is 4.79 Å². The molecule has 4 heteroatoms. The number of anilines is 2. The fourth-order valence-electron chi connectivity index (χ4n) is 3.21. The normalized spacial score (nSPS) is 20.3. The van der Waals surface area contributed by atoms with E-state index in [-0.39, 0.29) is 5.91 Å². The third-order valence-corrected chi connectivity index (χ3v) is 4.18. The predicted octanol–water partition coefficient (Wildman–Crippen LogP) is 1.61. The Bertz CT molecular complexity index is 468. The van der Waals surface area contributed by atoms with Crippen LogP contribution in [0.4, 0.5) is 11.4 Å². The van der Waals surface area contributed by atoms with E-state index in [0.29, 0.717) is 6.04 Å². The molecule has 1 fully saturated rings. The minimum atomic E-state index is 0.136. The van der Waals surface area contributed by atoms with Crippen molar-refractivity contribution >= 4 is 17.3 Å². The summed E-state index contributed by atoms with van der Waals surface area (Å²) in [6.45, 7) is 5.59. The topological polar surface area (TPSA) is 35.6 Å². The van der Waals surface area contributed by atoms with Gasteiger partial charge in [-0.1, -0.05) is 12.1 Å². The molecule has 4 nitrogen and oxygen atoms in total. The lowest BCUT2D eigenvalue weighted by Crippen LogP contribution is -2.50. The van der Waals surface area contributed by atoms with Gasteiger partial charge in [-0.15, -0.1) is 0 Å². The van der Waals surface area contributed by atoms with Crippen molar-refractivity contribution in [2.75, 3.05) is 36.0 Å². The molecule has 2 aliphatic rings.